The van der Waals surface area contributed by atoms with Crippen molar-refractivity contribution in [2.45, 2.75) is 0 Å². The lowest BCUT2D eigenvalue weighted by atomic mass is 10.2. The molecule has 0 unspecified atom stereocenters. The molecule has 4 rings (SSSR count). The third kappa shape index (κ3) is 2.55. The summed E-state index contributed by atoms with van der Waals surface area (Å²) in [7, 11) is 0. The lowest BCUT2D eigenvalue weighted by molar-refractivity contribution is 0.102. The fraction of sp³-hybridized carbons (Fsp3) is 0. The number of anilines is 1. The van der Waals surface area contributed by atoms with Gasteiger partial charge in [0.05, 0.1) is 18.2 Å². The van der Waals surface area contributed by atoms with Crippen molar-refractivity contribution in [3.05, 3.63) is 67.1 Å². The Morgan fingerprint density at radius 1 is 1.26 bits per heavy atom. The Morgan fingerprint density at radius 2 is 2.22 bits per heavy atom. The molecule has 0 atom stereocenters. The van der Waals surface area contributed by atoms with Gasteiger partial charge < -0.3 is 14.7 Å². The molecule has 112 valence electrons. The van der Waals surface area contributed by atoms with E-state index in [9.17, 15) is 4.79 Å². The van der Waals surface area contributed by atoms with Gasteiger partial charge in [-0.05, 0) is 24.3 Å². The van der Waals surface area contributed by atoms with Crippen LogP contribution in [-0.2, 0) is 0 Å². The summed E-state index contributed by atoms with van der Waals surface area (Å²) in [6.07, 6.45) is 8.52. The Balaban J connectivity index is 1.65. The number of pyridine rings is 2. The van der Waals surface area contributed by atoms with Gasteiger partial charge in [0.25, 0.3) is 5.91 Å². The van der Waals surface area contributed by atoms with Gasteiger partial charge in [-0.2, -0.15) is 0 Å². The maximum Gasteiger partial charge on any atom is 0.277 e. The predicted molar refractivity (Wildman–Crippen MR) is 85.0 cm³/mol. The van der Waals surface area contributed by atoms with Gasteiger partial charge >= 0.3 is 0 Å². The van der Waals surface area contributed by atoms with Crippen molar-refractivity contribution in [2.75, 3.05) is 5.32 Å². The van der Waals surface area contributed by atoms with Gasteiger partial charge in [0.1, 0.15) is 17.2 Å². The second-order valence-electron chi connectivity index (χ2n) is 4.94. The number of fused-ring (bicyclic) bond motifs is 1. The number of hydrogen-bond donors (Lipinski definition) is 2. The Kier molecular flexibility index (Phi) is 3.09. The lowest BCUT2D eigenvalue weighted by Gasteiger charge is -2.00. The van der Waals surface area contributed by atoms with Gasteiger partial charge in [-0.1, -0.05) is 6.07 Å². The van der Waals surface area contributed by atoms with Gasteiger partial charge in [-0.25, -0.2) is 15.0 Å². The molecule has 0 aromatic carbocycles. The average molecular weight is 304 g/mol. The number of carbonyl (C=O) groups is 1. The number of hydrogen-bond acceptors (Lipinski definition) is 4. The number of carbonyl (C=O) groups excluding carboxylic acids is 1. The Morgan fingerprint density at radius 3 is 3.00 bits per heavy atom. The highest BCUT2D eigenvalue weighted by molar-refractivity contribution is 6.02. The van der Waals surface area contributed by atoms with E-state index in [-0.39, 0.29) is 5.91 Å². The molecule has 2 N–H and O–H groups in total. The van der Waals surface area contributed by atoms with Crippen molar-refractivity contribution < 1.29 is 4.79 Å². The predicted octanol–water partition coefficient (Wildman–Crippen LogP) is 2.37. The van der Waals surface area contributed by atoms with E-state index >= 15 is 0 Å². The number of nitrogens with zero attached hydrogens (tertiary/aromatic N) is 4. The molecule has 7 heteroatoms. The summed E-state index contributed by atoms with van der Waals surface area (Å²) in [4.78, 5) is 27.7. The standard InChI is InChI=1S/C16H12N6O/c23-16(21-14-3-1-2-5-18-14)13-9-22-6-4-11(7-15(22)20-13)12-8-17-10-19-12/h1-10H,(H,17,19)(H,18,21,23). The van der Waals surface area contributed by atoms with E-state index in [4.69, 9.17) is 0 Å². The molecule has 0 aliphatic heterocycles. The zero-order valence-corrected chi connectivity index (χ0v) is 12.0. The highest BCUT2D eigenvalue weighted by Crippen LogP contribution is 2.18. The van der Waals surface area contributed by atoms with Crippen LogP contribution >= 0.6 is 0 Å². The van der Waals surface area contributed by atoms with Crippen LogP contribution in [0.5, 0.6) is 0 Å². The van der Waals surface area contributed by atoms with Crippen molar-refractivity contribution in [2.24, 2.45) is 0 Å². The van der Waals surface area contributed by atoms with Crippen molar-refractivity contribution in [1.29, 1.82) is 0 Å². The van der Waals surface area contributed by atoms with E-state index in [0.29, 0.717) is 17.2 Å². The van der Waals surface area contributed by atoms with Crippen LogP contribution in [0, 0.1) is 0 Å². The number of imidazole rings is 2. The fourth-order valence-electron chi connectivity index (χ4n) is 2.29. The van der Waals surface area contributed by atoms with E-state index in [1.807, 2.05) is 24.4 Å². The molecule has 7 nitrogen and oxygen atoms in total. The number of H-pyrrole nitrogens is 1. The summed E-state index contributed by atoms with van der Waals surface area (Å²) >= 11 is 0. The van der Waals surface area contributed by atoms with E-state index in [0.717, 1.165) is 11.3 Å². The molecule has 0 aliphatic rings. The largest absolute Gasteiger partial charge is 0.345 e. The molecule has 0 saturated heterocycles. The Bertz CT molecular complexity index is 959. The molecule has 0 bridgehead atoms. The first-order valence-corrected chi connectivity index (χ1v) is 6.99. The molecule has 1 amide bonds. The van der Waals surface area contributed by atoms with Crippen molar-refractivity contribution >= 4 is 17.4 Å². The van der Waals surface area contributed by atoms with Gasteiger partial charge in [-0.3, -0.25) is 4.79 Å². The molecule has 4 aromatic rings. The molecule has 0 fully saturated rings. The molecule has 4 aromatic heterocycles. The minimum atomic E-state index is -0.296. The van der Waals surface area contributed by atoms with Crippen molar-refractivity contribution in [1.82, 2.24) is 24.3 Å². The van der Waals surface area contributed by atoms with Crippen LogP contribution in [0.3, 0.4) is 0 Å². The summed E-state index contributed by atoms with van der Waals surface area (Å²) in [6, 6.07) is 9.15. The van der Waals surface area contributed by atoms with Crippen LogP contribution in [0.15, 0.2) is 61.4 Å². The average Bonchev–Trinajstić information content (AvgIpc) is 3.24. The van der Waals surface area contributed by atoms with Crippen LogP contribution in [-0.4, -0.2) is 30.2 Å². The number of nitrogens with one attached hydrogen (secondary N) is 2. The zero-order valence-electron chi connectivity index (χ0n) is 12.0. The highest BCUT2D eigenvalue weighted by Gasteiger charge is 2.12. The maximum atomic E-state index is 12.3. The van der Waals surface area contributed by atoms with Crippen LogP contribution < -0.4 is 5.32 Å². The molecule has 0 spiro atoms. The second kappa shape index (κ2) is 5.38. The fourth-order valence-corrected chi connectivity index (χ4v) is 2.29. The molecular weight excluding hydrogens is 292 g/mol. The molecule has 0 radical (unpaired) electrons. The maximum absolute atomic E-state index is 12.3. The molecular formula is C16H12N6O. The first-order chi connectivity index (χ1) is 11.3. The second-order valence-corrected chi connectivity index (χ2v) is 4.94. The summed E-state index contributed by atoms with van der Waals surface area (Å²) < 4.78 is 1.80. The quantitative estimate of drug-likeness (QED) is 0.608. The van der Waals surface area contributed by atoms with Gasteiger partial charge in [0.15, 0.2) is 0 Å². The van der Waals surface area contributed by atoms with Gasteiger partial charge in [-0.15, -0.1) is 0 Å². The van der Waals surface area contributed by atoms with E-state index in [1.54, 1.807) is 41.5 Å². The van der Waals surface area contributed by atoms with Gasteiger partial charge in [0.2, 0.25) is 0 Å². The smallest absolute Gasteiger partial charge is 0.277 e. The van der Waals surface area contributed by atoms with Crippen LogP contribution in [0.1, 0.15) is 10.5 Å². The monoisotopic (exact) mass is 304 g/mol. The van der Waals surface area contributed by atoms with Crippen LogP contribution in [0.4, 0.5) is 5.82 Å². The SMILES string of the molecule is O=C(Nc1ccccn1)c1cn2ccc(-c3cnc[nH]3)cc2n1. The van der Waals surface area contributed by atoms with Crippen molar-refractivity contribution in [3.63, 3.8) is 0 Å². The minimum absolute atomic E-state index is 0.296. The number of amides is 1. The first kappa shape index (κ1) is 13.2. The van der Waals surface area contributed by atoms with Crippen molar-refractivity contribution in [3.8, 4) is 11.3 Å². The topological polar surface area (TPSA) is 88.0 Å². The van der Waals surface area contributed by atoms with E-state index in [2.05, 4.69) is 25.3 Å². The Labute approximate surface area is 131 Å². The molecule has 23 heavy (non-hydrogen) atoms. The Hall–Kier alpha value is -3.48. The molecule has 0 aliphatic carbocycles. The lowest BCUT2D eigenvalue weighted by Crippen LogP contribution is -2.13. The highest BCUT2D eigenvalue weighted by atomic mass is 16.2. The third-order valence-electron chi connectivity index (χ3n) is 3.41. The number of aromatic amines is 1. The van der Waals surface area contributed by atoms with E-state index in [1.165, 1.54) is 0 Å². The van der Waals surface area contributed by atoms with Crippen LogP contribution in [0.2, 0.25) is 0 Å². The number of aromatic nitrogens is 5. The summed E-state index contributed by atoms with van der Waals surface area (Å²) in [5.74, 6) is 0.197. The molecule has 4 heterocycles. The van der Waals surface area contributed by atoms with E-state index < -0.39 is 0 Å². The zero-order chi connectivity index (χ0) is 15.6. The minimum Gasteiger partial charge on any atom is -0.345 e. The first-order valence-electron chi connectivity index (χ1n) is 6.99. The summed E-state index contributed by atoms with van der Waals surface area (Å²) in [5.41, 5.74) is 2.87. The van der Waals surface area contributed by atoms with Gasteiger partial charge in [0, 0.05) is 24.2 Å². The van der Waals surface area contributed by atoms with Crippen LogP contribution in [0.25, 0.3) is 16.9 Å². The molecule has 0 saturated carbocycles. The normalized spacial score (nSPS) is 10.8. The summed E-state index contributed by atoms with van der Waals surface area (Å²) in [6.45, 7) is 0. The summed E-state index contributed by atoms with van der Waals surface area (Å²) in [5, 5.41) is 2.72. The number of rotatable bonds is 3. The third-order valence-corrected chi connectivity index (χ3v) is 3.41.